The van der Waals surface area contributed by atoms with Crippen molar-refractivity contribution in [3.05, 3.63) is 28.9 Å². The molecule has 0 saturated heterocycles. The second-order valence-corrected chi connectivity index (χ2v) is 3.86. The van der Waals surface area contributed by atoms with E-state index >= 15 is 0 Å². The van der Waals surface area contributed by atoms with Gasteiger partial charge in [0, 0.05) is 16.6 Å². The third kappa shape index (κ3) is 1.28. The highest BCUT2D eigenvalue weighted by Crippen LogP contribution is 2.36. The Morgan fingerprint density at radius 1 is 1.46 bits per heavy atom. The van der Waals surface area contributed by atoms with Gasteiger partial charge in [-0.3, -0.25) is 0 Å². The van der Waals surface area contributed by atoms with Crippen LogP contribution in [-0.4, -0.2) is 5.11 Å². The van der Waals surface area contributed by atoms with Crippen LogP contribution in [0.3, 0.4) is 0 Å². The highest BCUT2D eigenvalue weighted by Gasteiger charge is 2.09. The van der Waals surface area contributed by atoms with E-state index in [1.54, 1.807) is 6.07 Å². The van der Waals surface area contributed by atoms with E-state index in [0.717, 1.165) is 4.70 Å². The molecule has 4 heteroatoms. The van der Waals surface area contributed by atoms with E-state index in [0.29, 0.717) is 10.3 Å². The highest BCUT2D eigenvalue weighted by atomic mass is 32.1. The fourth-order valence-electron chi connectivity index (χ4n) is 1.25. The summed E-state index contributed by atoms with van der Waals surface area (Å²) in [5.41, 5.74) is 5.41. The number of benzene rings is 1. The van der Waals surface area contributed by atoms with Gasteiger partial charge in [-0.15, -0.1) is 11.3 Å². The molecule has 0 aliphatic heterocycles. The lowest BCUT2D eigenvalue weighted by atomic mass is 10.2. The third-order valence-electron chi connectivity index (χ3n) is 1.88. The highest BCUT2D eigenvalue weighted by molar-refractivity contribution is 7.19. The summed E-state index contributed by atoms with van der Waals surface area (Å²) in [6, 6.07) is 4.34. The minimum atomic E-state index is -0.343. The number of hydrogen-bond acceptors (Lipinski definition) is 3. The molecule has 1 heterocycles. The SMILES string of the molecule is NCc1sc2ccc(F)cc2c1O. The summed E-state index contributed by atoms with van der Waals surface area (Å²) < 4.78 is 13.7. The first kappa shape index (κ1) is 8.47. The van der Waals surface area contributed by atoms with Crippen molar-refractivity contribution in [1.29, 1.82) is 0 Å². The van der Waals surface area contributed by atoms with Crippen LogP contribution >= 0.6 is 11.3 Å². The Morgan fingerprint density at radius 2 is 2.23 bits per heavy atom. The third-order valence-corrected chi connectivity index (χ3v) is 3.06. The van der Waals surface area contributed by atoms with Crippen molar-refractivity contribution in [2.45, 2.75) is 6.54 Å². The molecule has 1 aromatic heterocycles. The van der Waals surface area contributed by atoms with Gasteiger partial charge < -0.3 is 10.8 Å². The molecule has 0 spiro atoms. The van der Waals surface area contributed by atoms with Crippen molar-refractivity contribution < 1.29 is 9.50 Å². The minimum Gasteiger partial charge on any atom is -0.506 e. The Hall–Kier alpha value is -1.13. The van der Waals surface area contributed by atoms with Gasteiger partial charge in [-0.05, 0) is 18.2 Å². The lowest BCUT2D eigenvalue weighted by molar-refractivity contribution is 0.477. The second kappa shape index (κ2) is 2.97. The number of rotatable bonds is 1. The summed E-state index contributed by atoms with van der Waals surface area (Å²) >= 11 is 1.39. The van der Waals surface area contributed by atoms with E-state index in [-0.39, 0.29) is 18.1 Å². The van der Waals surface area contributed by atoms with Gasteiger partial charge in [0.1, 0.15) is 11.6 Å². The molecule has 1 aromatic carbocycles. The van der Waals surface area contributed by atoms with Crippen LogP contribution < -0.4 is 5.73 Å². The number of thiophene rings is 1. The molecule has 2 rings (SSSR count). The van der Waals surface area contributed by atoms with Gasteiger partial charge in [0.05, 0.1) is 4.88 Å². The van der Waals surface area contributed by atoms with E-state index in [1.165, 1.54) is 23.5 Å². The number of aromatic hydroxyl groups is 1. The average Bonchev–Trinajstić information content (AvgIpc) is 2.44. The van der Waals surface area contributed by atoms with Crippen LogP contribution in [0.4, 0.5) is 4.39 Å². The minimum absolute atomic E-state index is 0.113. The van der Waals surface area contributed by atoms with Crippen LogP contribution in [0.25, 0.3) is 10.1 Å². The van der Waals surface area contributed by atoms with Gasteiger partial charge in [-0.2, -0.15) is 0 Å². The summed E-state index contributed by atoms with van der Waals surface area (Å²) in [4.78, 5) is 0.695. The molecule has 13 heavy (non-hydrogen) atoms. The van der Waals surface area contributed by atoms with E-state index in [1.807, 2.05) is 0 Å². The Kier molecular flexibility index (Phi) is 1.94. The van der Waals surface area contributed by atoms with Crippen molar-refractivity contribution >= 4 is 21.4 Å². The average molecular weight is 197 g/mol. The summed E-state index contributed by atoms with van der Waals surface area (Å²) in [5.74, 6) is -0.230. The normalized spacial score (nSPS) is 10.9. The number of fused-ring (bicyclic) bond motifs is 1. The fraction of sp³-hybridized carbons (Fsp3) is 0.111. The predicted octanol–water partition coefficient (Wildman–Crippen LogP) is 2.20. The molecule has 2 aromatic rings. The number of hydrogen-bond donors (Lipinski definition) is 2. The van der Waals surface area contributed by atoms with Crippen LogP contribution in [0.5, 0.6) is 5.75 Å². The van der Waals surface area contributed by atoms with Crippen molar-refractivity contribution in [3.63, 3.8) is 0 Å². The topological polar surface area (TPSA) is 46.2 Å². The summed E-state index contributed by atoms with van der Waals surface area (Å²) in [6.07, 6.45) is 0. The summed E-state index contributed by atoms with van der Waals surface area (Å²) in [5, 5.41) is 10.1. The maximum atomic E-state index is 12.8. The van der Waals surface area contributed by atoms with Gasteiger partial charge in [-0.25, -0.2) is 4.39 Å². The molecular weight excluding hydrogens is 189 g/mol. The molecule has 68 valence electrons. The first-order valence-corrected chi connectivity index (χ1v) is 4.64. The van der Waals surface area contributed by atoms with Crippen molar-refractivity contribution in [1.82, 2.24) is 0 Å². The van der Waals surface area contributed by atoms with Crippen LogP contribution in [0, 0.1) is 5.82 Å². The second-order valence-electron chi connectivity index (χ2n) is 2.72. The fourth-order valence-corrected chi connectivity index (χ4v) is 2.20. The monoisotopic (exact) mass is 197 g/mol. The maximum absolute atomic E-state index is 12.8. The zero-order valence-electron chi connectivity index (χ0n) is 6.75. The van der Waals surface area contributed by atoms with Gasteiger partial charge in [-0.1, -0.05) is 0 Å². The molecule has 2 nitrogen and oxygen atoms in total. The van der Waals surface area contributed by atoms with Crippen LogP contribution in [-0.2, 0) is 6.54 Å². The first-order valence-electron chi connectivity index (χ1n) is 3.82. The Balaban J connectivity index is 2.77. The van der Waals surface area contributed by atoms with Gasteiger partial charge in [0.2, 0.25) is 0 Å². The van der Waals surface area contributed by atoms with Crippen molar-refractivity contribution in [2.24, 2.45) is 5.73 Å². The van der Waals surface area contributed by atoms with E-state index in [4.69, 9.17) is 5.73 Å². The zero-order chi connectivity index (χ0) is 9.42. The van der Waals surface area contributed by atoms with Crippen molar-refractivity contribution in [3.8, 4) is 5.75 Å². The van der Waals surface area contributed by atoms with Crippen molar-refractivity contribution in [2.75, 3.05) is 0 Å². The molecule has 0 radical (unpaired) electrons. The molecule has 0 aliphatic rings. The standard InChI is InChI=1S/C9H8FNOS/c10-5-1-2-7-6(3-5)9(12)8(4-11)13-7/h1-3,12H,4,11H2. The smallest absolute Gasteiger partial charge is 0.138 e. The van der Waals surface area contributed by atoms with E-state index in [2.05, 4.69) is 0 Å². The molecule has 3 N–H and O–H groups in total. The number of halogens is 1. The van der Waals surface area contributed by atoms with E-state index in [9.17, 15) is 9.50 Å². The summed E-state index contributed by atoms with van der Waals surface area (Å²) in [7, 11) is 0. The molecular formula is C9H8FNOS. The lowest BCUT2D eigenvalue weighted by Crippen LogP contribution is -1.92. The predicted molar refractivity (Wildman–Crippen MR) is 51.3 cm³/mol. The molecule has 0 unspecified atom stereocenters. The van der Waals surface area contributed by atoms with Crippen LogP contribution in [0.1, 0.15) is 4.88 Å². The molecule has 0 saturated carbocycles. The summed E-state index contributed by atoms with van der Waals surface area (Å²) in [6.45, 7) is 0.285. The molecule has 0 bridgehead atoms. The molecule has 0 amide bonds. The van der Waals surface area contributed by atoms with Gasteiger partial charge in [0.15, 0.2) is 0 Å². The largest absolute Gasteiger partial charge is 0.506 e. The Labute approximate surface area is 78.4 Å². The van der Waals surface area contributed by atoms with Gasteiger partial charge >= 0.3 is 0 Å². The molecule has 0 fully saturated rings. The Bertz CT molecular complexity index is 452. The molecule has 0 aliphatic carbocycles. The van der Waals surface area contributed by atoms with Gasteiger partial charge in [0.25, 0.3) is 0 Å². The molecule has 0 atom stereocenters. The van der Waals surface area contributed by atoms with E-state index < -0.39 is 0 Å². The lowest BCUT2D eigenvalue weighted by Gasteiger charge is -1.91. The van der Waals surface area contributed by atoms with Crippen LogP contribution in [0.15, 0.2) is 18.2 Å². The Morgan fingerprint density at radius 3 is 2.92 bits per heavy atom. The first-order chi connectivity index (χ1) is 6.22. The maximum Gasteiger partial charge on any atom is 0.138 e. The quantitative estimate of drug-likeness (QED) is 0.736. The van der Waals surface area contributed by atoms with Crippen LogP contribution in [0.2, 0.25) is 0 Å². The zero-order valence-corrected chi connectivity index (χ0v) is 7.57. The number of nitrogens with two attached hydrogens (primary N) is 1.